The summed E-state index contributed by atoms with van der Waals surface area (Å²) in [5, 5.41) is 29.0. The maximum absolute atomic E-state index is 10.1. The predicted molar refractivity (Wildman–Crippen MR) is 88.3 cm³/mol. The SMILES string of the molecule is OCCC(O)c1cc(O)cc2[nH]c(CCc3ccccc3)nc12. The van der Waals surface area contributed by atoms with E-state index in [2.05, 4.69) is 22.1 Å². The van der Waals surface area contributed by atoms with Gasteiger partial charge in [-0.05, 0) is 18.1 Å². The first kappa shape index (κ1) is 15.5. The third-order valence-corrected chi connectivity index (χ3v) is 3.90. The summed E-state index contributed by atoms with van der Waals surface area (Å²) in [7, 11) is 0. The molecule has 1 aromatic heterocycles. The summed E-state index contributed by atoms with van der Waals surface area (Å²) in [6.45, 7) is -0.121. The van der Waals surface area contributed by atoms with Crippen molar-refractivity contribution in [3.8, 4) is 5.75 Å². The lowest BCUT2D eigenvalue weighted by Gasteiger charge is -2.10. The number of hydrogen-bond donors (Lipinski definition) is 4. The summed E-state index contributed by atoms with van der Waals surface area (Å²) in [5.41, 5.74) is 3.11. The Kier molecular flexibility index (Phi) is 4.60. The first-order chi connectivity index (χ1) is 11.2. The van der Waals surface area contributed by atoms with E-state index in [9.17, 15) is 10.2 Å². The Hall–Kier alpha value is -2.37. The number of H-pyrrole nitrogens is 1. The Morgan fingerprint density at radius 3 is 2.61 bits per heavy atom. The molecule has 120 valence electrons. The van der Waals surface area contributed by atoms with E-state index in [1.54, 1.807) is 6.07 Å². The van der Waals surface area contributed by atoms with Crippen LogP contribution in [-0.4, -0.2) is 31.9 Å². The zero-order valence-electron chi connectivity index (χ0n) is 12.7. The van der Waals surface area contributed by atoms with Gasteiger partial charge in [0.15, 0.2) is 0 Å². The number of imidazole rings is 1. The second kappa shape index (κ2) is 6.81. The fourth-order valence-corrected chi connectivity index (χ4v) is 2.74. The average molecular weight is 312 g/mol. The molecule has 1 heterocycles. The molecular weight excluding hydrogens is 292 g/mol. The van der Waals surface area contributed by atoms with Crippen molar-refractivity contribution in [2.24, 2.45) is 0 Å². The van der Waals surface area contributed by atoms with Crippen LogP contribution in [0.2, 0.25) is 0 Å². The molecule has 0 aliphatic heterocycles. The molecule has 0 saturated heterocycles. The molecule has 0 aliphatic rings. The number of nitrogens with one attached hydrogen (secondary N) is 1. The van der Waals surface area contributed by atoms with Crippen molar-refractivity contribution in [3.63, 3.8) is 0 Å². The number of rotatable bonds is 6. The monoisotopic (exact) mass is 312 g/mol. The first-order valence-electron chi connectivity index (χ1n) is 7.71. The summed E-state index contributed by atoms with van der Waals surface area (Å²) in [4.78, 5) is 7.76. The first-order valence-corrected chi connectivity index (χ1v) is 7.71. The molecule has 1 unspecified atom stereocenters. The van der Waals surface area contributed by atoms with E-state index in [1.807, 2.05) is 18.2 Å². The maximum Gasteiger partial charge on any atom is 0.118 e. The minimum Gasteiger partial charge on any atom is -0.508 e. The third-order valence-electron chi connectivity index (χ3n) is 3.90. The molecule has 4 N–H and O–H groups in total. The highest BCUT2D eigenvalue weighted by Crippen LogP contribution is 2.29. The summed E-state index contributed by atoms with van der Waals surface area (Å²) < 4.78 is 0. The van der Waals surface area contributed by atoms with Gasteiger partial charge in [0, 0.05) is 31.1 Å². The highest BCUT2D eigenvalue weighted by Gasteiger charge is 2.16. The number of phenolic OH excluding ortho intramolecular Hbond substituents is 1. The van der Waals surface area contributed by atoms with Gasteiger partial charge in [0.05, 0.1) is 17.1 Å². The minimum absolute atomic E-state index is 0.0720. The number of hydrogen-bond acceptors (Lipinski definition) is 4. The van der Waals surface area contributed by atoms with Gasteiger partial charge >= 0.3 is 0 Å². The number of aromatic nitrogens is 2. The normalized spacial score (nSPS) is 12.6. The number of fused-ring (bicyclic) bond motifs is 1. The molecule has 23 heavy (non-hydrogen) atoms. The van der Waals surface area contributed by atoms with Crippen molar-refractivity contribution in [2.75, 3.05) is 6.61 Å². The molecule has 5 heteroatoms. The molecule has 0 saturated carbocycles. The van der Waals surface area contributed by atoms with Crippen LogP contribution in [0.4, 0.5) is 0 Å². The number of nitrogens with zero attached hydrogens (tertiary/aromatic N) is 1. The zero-order chi connectivity index (χ0) is 16.2. The van der Waals surface area contributed by atoms with E-state index < -0.39 is 6.10 Å². The Bertz CT molecular complexity index is 784. The van der Waals surface area contributed by atoms with Crippen LogP contribution in [0.3, 0.4) is 0 Å². The molecule has 1 atom stereocenters. The second-order valence-electron chi connectivity index (χ2n) is 5.63. The molecule has 3 aromatic rings. The fourth-order valence-electron chi connectivity index (χ4n) is 2.74. The topological polar surface area (TPSA) is 89.4 Å². The maximum atomic E-state index is 10.1. The van der Waals surface area contributed by atoms with Crippen molar-refractivity contribution in [3.05, 3.63) is 59.4 Å². The van der Waals surface area contributed by atoms with Crippen molar-refractivity contribution in [1.29, 1.82) is 0 Å². The number of aliphatic hydroxyl groups is 2. The lowest BCUT2D eigenvalue weighted by molar-refractivity contribution is 0.135. The molecular formula is C18H20N2O3. The van der Waals surface area contributed by atoms with Crippen molar-refractivity contribution < 1.29 is 15.3 Å². The summed E-state index contributed by atoms with van der Waals surface area (Å²) >= 11 is 0. The second-order valence-corrected chi connectivity index (χ2v) is 5.63. The van der Waals surface area contributed by atoms with Crippen molar-refractivity contribution in [2.45, 2.75) is 25.4 Å². The van der Waals surface area contributed by atoms with Gasteiger partial charge in [0.1, 0.15) is 11.6 Å². The Morgan fingerprint density at radius 1 is 1.09 bits per heavy atom. The van der Waals surface area contributed by atoms with Gasteiger partial charge < -0.3 is 20.3 Å². The Labute approximate surface area is 134 Å². The van der Waals surface area contributed by atoms with Crippen molar-refractivity contribution in [1.82, 2.24) is 9.97 Å². The van der Waals surface area contributed by atoms with Gasteiger partial charge in [-0.25, -0.2) is 4.98 Å². The quantitative estimate of drug-likeness (QED) is 0.563. The smallest absolute Gasteiger partial charge is 0.118 e. The third kappa shape index (κ3) is 3.52. The predicted octanol–water partition coefficient (Wildman–Crippen LogP) is 2.47. The molecule has 0 aliphatic carbocycles. The number of aromatic amines is 1. The number of phenols is 1. The largest absolute Gasteiger partial charge is 0.508 e. The Morgan fingerprint density at radius 2 is 1.87 bits per heavy atom. The van der Waals surface area contributed by atoms with Crippen LogP contribution in [0, 0.1) is 0 Å². The number of aliphatic hydroxyl groups excluding tert-OH is 2. The molecule has 0 amide bonds. The van der Waals surface area contributed by atoms with Crippen LogP contribution < -0.4 is 0 Å². The molecule has 0 radical (unpaired) electrons. The van der Waals surface area contributed by atoms with Crippen LogP contribution in [0.5, 0.6) is 5.75 Å². The van der Waals surface area contributed by atoms with Gasteiger partial charge in [-0.1, -0.05) is 30.3 Å². The Balaban J connectivity index is 1.87. The molecule has 0 spiro atoms. The molecule has 0 fully saturated rings. The molecule has 5 nitrogen and oxygen atoms in total. The lowest BCUT2D eigenvalue weighted by Crippen LogP contribution is -2.01. The standard InChI is InChI=1S/C18H20N2O3/c21-9-8-16(23)14-10-13(22)11-15-18(14)20-17(19-15)7-6-12-4-2-1-3-5-12/h1-5,10-11,16,21-23H,6-9H2,(H,19,20). The highest BCUT2D eigenvalue weighted by molar-refractivity contribution is 5.81. The van der Waals surface area contributed by atoms with Crippen LogP contribution in [0.15, 0.2) is 42.5 Å². The van der Waals surface area contributed by atoms with Gasteiger partial charge in [0.2, 0.25) is 0 Å². The van der Waals surface area contributed by atoms with E-state index in [0.29, 0.717) is 16.6 Å². The number of aromatic hydroxyl groups is 1. The highest BCUT2D eigenvalue weighted by atomic mass is 16.3. The van der Waals surface area contributed by atoms with E-state index in [-0.39, 0.29) is 18.8 Å². The van der Waals surface area contributed by atoms with Crippen LogP contribution in [0.1, 0.15) is 29.5 Å². The summed E-state index contributed by atoms with van der Waals surface area (Å²) in [6.07, 6.45) is 0.973. The van der Waals surface area contributed by atoms with Gasteiger partial charge in [-0.15, -0.1) is 0 Å². The van der Waals surface area contributed by atoms with Gasteiger partial charge in [-0.2, -0.15) is 0 Å². The van der Waals surface area contributed by atoms with Crippen molar-refractivity contribution >= 4 is 11.0 Å². The van der Waals surface area contributed by atoms with Crippen LogP contribution in [-0.2, 0) is 12.8 Å². The van der Waals surface area contributed by atoms with E-state index in [0.717, 1.165) is 18.7 Å². The van der Waals surface area contributed by atoms with E-state index in [4.69, 9.17) is 5.11 Å². The summed E-state index contributed by atoms with van der Waals surface area (Å²) in [5.74, 6) is 0.884. The number of benzene rings is 2. The molecule has 3 rings (SSSR count). The van der Waals surface area contributed by atoms with Gasteiger partial charge in [0.25, 0.3) is 0 Å². The lowest BCUT2D eigenvalue weighted by atomic mass is 10.0. The van der Waals surface area contributed by atoms with Crippen LogP contribution >= 0.6 is 0 Å². The minimum atomic E-state index is -0.847. The van der Waals surface area contributed by atoms with E-state index in [1.165, 1.54) is 11.6 Å². The zero-order valence-corrected chi connectivity index (χ0v) is 12.7. The van der Waals surface area contributed by atoms with E-state index >= 15 is 0 Å². The van der Waals surface area contributed by atoms with Gasteiger partial charge in [-0.3, -0.25) is 0 Å². The van der Waals surface area contributed by atoms with Crippen LogP contribution in [0.25, 0.3) is 11.0 Å². The number of aryl methyl sites for hydroxylation is 2. The molecule has 0 bridgehead atoms. The average Bonchev–Trinajstić information content (AvgIpc) is 2.96. The fraction of sp³-hybridized carbons (Fsp3) is 0.278. The molecule has 2 aromatic carbocycles. The summed E-state index contributed by atoms with van der Waals surface area (Å²) in [6, 6.07) is 13.3.